The molecule has 98 valence electrons. The standard InChI is InChI=1S/C16H16FNO/c1-12(2)10-11-18-15(4-3-5-16(18)19)13-6-8-14(17)9-7-13/h3-10H,11H2,1-2H3. The second kappa shape index (κ2) is 5.65. The molecule has 0 spiro atoms. The number of aromatic nitrogens is 1. The van der Waals surface area contributed by atoms with Crippen LogP contribution in [0.4, 0.5) is 4.39 Å². The van der Waals surface area contributed by atoms with Gasteiger partial charge in [-0.1, -0.05) is 17.7 Å². The summed E-state index contributed by atoms with van der Waals surface area (Å²) in [5.74, 6) is -0.280. The highest BCUT2D eigenvalue weighted by molar-refractivity contribution is 5.59. The van der Waals surface area contributed by atoms with Gasteiger partial charge in [-0.25, -0.2) is 4.39 Å². The van der Waals surface area contributed by atoms with Gasteiger partial charge in [0.1, 0.15) is 5.82 Å². The second-order valence-electron chi connectivity index (χ2n) is 4.65. The Bertz CT molecular complexity index is 649. The van der Waals surface area contributed by atoms with Crippen molar-refractivity contribution in [1.82, 2.24) is 4.57 Å². The number of rotatable bonds is 3. The molecule has 0 fully saturated rings. The molecule has 0 aliphatic carbocycles. The average Bonchev–Trinajstić information content (AvgIpc) is 2.38. The van der Waals surface area contributed by atoms with Crippen LogP contribution in [0, 0.1) is 5.82 Å². The van der Waals surface area contributed by atoms with E-state index < -0.39 is 0 Å². The third-order valence-corrected chi connectivity index (χ3v) is 2.87. The smallest absolute Gasteiger partial charge is 0.251 e. The minimum absolute atomic E-state index is 0.0562. The van der Waals surface area contributed by atoms with Gasteiger partial charge in [-0.2, -0.15) is 0 Å². The summed E-state index contributed by atoms with van der Waals surface area (Å²) in [6.45, 7) is 4.51. The van der Waals surface area contributed by atoms with Crippen molar-refractivity contribution in [3.8, 4) is 11.3 Å². The summed E-state index contributed by atoms with van der Waals surface area (Å²) < 4.78 is 14.6. The first-order valence-electron chi connectivity index (χ1n) is 6.17. The molecule has 2 nitrogen and oxygen atoms in total. The van der Waals surface area contributed by atoms with E-state index in [1.165, 1.54) is 18.2 Å². The first kappa shape index (κ1) is 13.3. The molecule has 1 heterocycles. The molecule has 0 N–H and O–H groups in total. The molecule has 3 heteroatoms. The molecule has 0 atom stereocenters. The van der Waals surface area contributed by atoms with Crippen molar-refractivity contribution >= 4 is 0 Å². The maximum Gasteiger partial charge on any atom is 0.251 e. The van der Waals surface area contributed by atoms with E-state index in [4.69, 9.17) is 0 Å². The lowest BCUT2D eigenvalue weighted by molar-refractivity contribution is 0.628. The van der Waals surface area contributed by atoms with E-state index in [1.54, 1.807) is 22.8 Å². The van der Waals surface area contributed by atoms with E-state index in [0.29, 0.717) is 6.54 Å². The Kier molecular flexibility index (Phi) is 3.95. The zero-order chi connectivity index (χ0) is 13.8. The van der Waals surface area contributed by atoms with Gasteiger partial charge < -0.3 is 4.57 Å². The van der Waals surface area contributed by atoms with Crippen LogP contribution in [0.3, 0.4) is 0 Å². The van der Waals surface area contributed by atoms with Crippen molar-refractivity contribution in [2.45, 2.75) is 20.4 Å². The number of pyridine rings is 1. The van der Waals surface area contributed by atoms with Crippen molar-refractivity contribution in [3.05, 3.63) is 70.3 Å². The predicted molar refractivity (Wildman–Crippen MR) is 75.5 cm³/mol. The molecular weight excluding hydrogens is 241 g/mol. The summed E-state index contributed by atoms with van der Waals surface area (Å²) in [7, 11) is 0. The first-order valence-corrected chi connectivity index (χ1v) is 6.17. The van der Waals surface area contributed by atoms with Crippen LogP contribution in [-0.2, 0) is 6.54 Å². The maximum atomic E-state index is 13.0. The zero-order valence-corrected chi connectivity index (χ0v) is 11.1. The Balaban J connectivity index is 2.51. The highest BCUT2D eigenvalue weighted by Gasteiger charge is 2.05. The van der Waals surface area contributed by atoms with Gasteiger partial charge in [0.15, 0.2) is 0 Å². The molecule has 0 saturated carbocycles. The summed E-state index contributed by atoms with van der Waals surface area (Å²) in [4.78, 5) is 12.0. The van der Waals surface area contributed by atoms with Gasteiger partial charge in [0.25, 0.3) is 5.56 Å². The van der Waals surface area contributed by atoms with Crippen LogP contribution in [0.2, 0.25) is 0 Å². The molecule has 0 amide bonds. The van der Waals surface area contributed by atoms with Gasteiger partial charge in [0.05, 0.1) is 5.69 Å². The van der Waals surface area contributed by atoms with Crippen LogP contribution in [0.25, 0.3) is 11.3 Å². The van der Waals surface area contributed by atoms with Crippen molar-refractivity contribution < 1.29 is 4.39 Å². The Morgan fingerprint density at radius 2 is 1.84 bits per heavy atom. The number of allylic oxidation sites excluding steroid dienone is 2. The normalized spacial score (nSPS) is 10.3. The van der Waals surface area contributed by atoms with E-state index in [1.807, 2.05) is 26.0 Å². The van der Waals surface area contributed by atoms with Gasteiger partial charge in [-0.3, -0.25) is 4.79 Å². The van der Waals surface area contributed by atoms with E-state index in [-0.39, 0.29) is 11.4 Å². The van der Waals surface area contributed by atoms with E-state index in [9.17, 15) is 9.18 Å². The van der Waals surface area contributed by atoms with E-state index >= 15 is 0 Å². The molecule has 0 aliphatic rings. The molecule has 19 heavy (non-hydrogen) atoms. The quantitative estimate of drug-likeness (QED) is 0.770. The Hall–Kier alpha value is -2.16. The maximum absolute atomic E-state index is 13.0. The molecule has 0 radical (unpaired) electrons. The number of benzene rings is 1. The molecule has 0 saturated heterocycles. The Morgan fingerprint density at radius 1 is 1.16 bits per heavy atom. The van der Waals surface area contributed by atoms with Gasteiger partial charge >= 0.3 is 0 Å². The molecule has 0 bridgehead atoms. The first-order chi connectivity index (χ1) is 9.08. The summed E-state index contributed by atoms with van der Waals surface area (Å²) in [5.41, 5.74) is 2.73. The number of hydrogen-bond acceptors (Lipinski definition) is 1. The van der Waals surface area contributed by atoms with Crippen LogP contribution in [-0.4, -0.2) is 4.57 Å². The number of nitrogens with zero attached hydrogens (tertiary/aromatic N) is 1. The molecule has 2 aromatic rings. The monoisotopic (exact) mass is 257 g/mol. The topological polar surface area (TPSA) is 22.0 Å². The van der Waals surface area contributed by atoms with Crippen LogP contribution in [0.5, 0.6) is 0 Å². The summed E-state index contributed by atoms with van der Waals surface area (Å²) in [6.07, 6.45) is 1.99. The fraction of sp³-hybridized carbons (Fsp3) is 0.188. The lowest BCUT2D eigenvalue weighted by atomic mass is 10.1. The van der Waals surface area contributed by atoms with Crippen LogP contribution >= 0.6 is 0 Å². The van der Waals surface area contributed by atoms with Crippen molar-refractivity contribution in [1.29, 1.82) is 0 Å². The van der Waals surface area contributed by atoms with Gasteiger partial charge in [0, 0.05) is 12.6 Å². The van der Waals surface area contributed by atoms with Gasteiger partial charge in [0.2, 0.25) is 0 Å². The van der Waals surface area contributed by atoms with Crippen LogP contribution in [0.15, 0.2) is 58.9 Å². The Labute approximate surface area is 111 Å². The molecule has 0 unspecified atom stereocenters. The fourth-order valence-corrected chi connectivity index (χ4v) is 1.86. The summed E-state index contributed by atoms with van der Waals surface area (Å²) >= 11 is 0. The van der Waals surface area contributed by atoms with E-state index in [2.05, 4.69) is 0 Å². The fourth-order valence-electron chi connectivity index (χ4n) is 1.86. The molecule has 1 aromatic carbocycles. The molecular formula is C16H16FNO. The lowest BCUT2D eigenvalue weighted by Crippen LogP contribution is -2.19. The average molecular weight is 257 g/mol. The minimum atomic E-state index is -0.280. The van der Waals surface area contributed by atoms with Gasteiger partial charge in [-0.05, 0) is 49.7 Å². The summed E-state index contributed by atoms with van der Waals surface area (Å²) in [6, 6.07) is 11.3. The molecule has 1 aromatic heterocycles. The zero-order valence-electron chi connectivity index (χ0n) is 11.1. The lowest BCUT2D eigenvalue weighted by Gasteiger charge is -2.11. The third-order valence-electron chi connectivity index (χ3n) is 2.87. The van der Waals surface area contributed by atoms with Crippen molar-refractivity contribution in [2.24, 2.45) is 0 Å². The molecule has 2 rings (SSSR count). The van der Waals surface area contributed by atoms with Gasteiger partial charge in [-0.15, -0.1) is 0 Å². The Morgan fingerprint density at radius 3 is 2.47 bits per heavy atom. The molecule has 0 aliphatic heterocycles. The predicted octanol–water partition coefficient (Wildman–Crippen LogP) is 3.62. The van der Waals surface area contributed by atoms with Crippen LogP contribution < -0.4 is 5.56 Å². The highest BCUT2D eigenvalue weighted by Crippen LogP contribution is 2.18. The van der Waals surface area contributed by atoms with Crippen LogP contribution in [0.1, 0.15) is 13.8 Å². The number of hydrogen-bond donors (Lipinski definition) is 0. The second-order valence-corrected chi connectivity index (χ2v) is 4.65. The SMILES string of the molecule is CC(C)=CCn1c(-c2ccc(F)cc2)cccc1=O. The highest BCUT2D eigenvalue weighted by atomic mass is 19.1. The van der Waals surface area contributed by atoms with Crippen molar-refractivity contribution in [2.75, 3.05) is 0 Å². The summed E-state index contributed by atoms with van der Waals surface area (Å²) in [5, 5.41) is 0. The largest absolute Gasteiger partial charge is 0.304 e. The van der Waals surface area contributed by atoms with Crippen molar-refractivity contribution in [3.63, 3.8) is 0 Å². The third kappa shape index (κ3) is 3.19. The van der Waals surface area contributed by atoms with E-state index in [0.717, 1.165) is 16.8 Å². The minimum Gasteiger partial charge on any atom is -0.304 e. The number of halogens is 1.